The van der Waals surface area contributed by atoms with E-state index in [0.29, 0.717) is 11.7 Å². The maximum absolute atomic E-state index is 12.9. The van der Waals surface area contributed by atoms with Gasteiger partial charge in [0.1, 0.15) is 17.4 Å². The first-order chi connectivity index (χ1) is 15.1. The predicted octanol–water partition coefficient (Wildman–Crippen LogP) is 2.59. The first-order valence-electron chi connectivity index (χ1n) is 9.17. The highest BCUT2D eigenvalue weighted by Gasteiger charge is 2.19. The van der Waals surface area contributed by atoms with Gasteiger partial charge in [-0.2, -0.15) is 10.1 Å². The van der Waals surface area contributed by atoms with Gasteiger partial charge in [-0.15, -0.1) is 0 Å². The number of fused-ring (bicyclic) bond motifs is 1. The molecule has 152 valence electrons. The summed E-state index contributed by atoms with van der Waals surface area (Å²) in [6.07, 6.45) is 2.67. The Morgan fingerprint density at radius 3 is 2.65 bits per heavy atom. The number of aromatic nitrogens is 6. The summed E-state index contributed by atoms with van der Waals surface area (Å²) in [4.78, 5) is 32.4. The van der Waals surface area contributed by atoms with Gasteiger partial charge < -0.3 is 4.52 Å². The van der Waals surface area contributed by atoms with Crippen molar-refractivity contribution in [2.75, 3.05) is 0 Å². The van der Waals surface area contributed by atoms with Crippen molar-refractivity contribution in [3.05, 3.63) is 93.4 Å². The maximum Gasteiger partial charge on any atom is 0.294 e. The molecule has 0 radical (unpaired) electrons. The lowest BCUT2D eigenvalue weighted by molar-refractivity contribution is -0.384. The van der Waals surface area contributed by atoms with Gasteiger partial charge in [-0.1, -0.05) is 35.5 Å². The quantitative estimate of drug-likeness (QED) is 0.316. The van der Waals surface area contributed by atoms with Crippen LogP contribution in [0.4, 0.5) is 5.69 Å². The third kappa shape index (κ3) is 3.23. The molecule has 0 N–H and O–H groups in total. The topological polar surface area (TPSA) is 135 Å². The highest BCUT2D eigenvalue weighted by atomic mass is 16.6. The minimum atomic E-state index is -0.509. The van der Waals surface area contributed by atoms with E-state index >= 15 is 0 Å². The lowest BCUT2D eigenvalue weighted by Crippen LogP contribution is -2.21. The van der Waals surface area contributed by atoms with E-state index in [2.05, 4.69) is 20.2 Å². The van der Waals surface area contributed by atoms with Crippen molar-refractivity contribution in [2.45, 2.75) is 6.54 Å². The standard InChI is InChI=1S/C20H13N7O4/c28-20-14-10-22-26(15-8-4-5-9-16(15)27(29)30)18(14)21-12-25(20)11-17-23-19(31-24-17)13-6-2-1-3-7-13/h1-10,12H,11H2. The number of benzene rings is 2. The van der Waals surface area contributed by atoms with E-state index in [1.807, 2.05) is 30.3 Å². The lowest BCUT2D eigenvalue weighted by Gasteiger charge is -2.05. The second kappa shape index (κ2) is 7.30. The molecule has 3 heterocycles. The van der Waals surface area contributed by atoms with Crippen molar-refractivity contribution in [1.29, 1.82) is 0 Å². The smallest absolute Gasteiger partial charge is 0.294 e. The van der Waals surface area contributed by atoms with Crippen LogP contribution >= 0.6 is 0 Å². The van der Waals surface area contributed by atoms with Gasteiger partial charge in [-0.3, -0.25) is 19.5 Å². The zero-order valence-electron chi connectivity index (χ0n) is 15.8. The zero-order valence-corrected chi connectivity index (χ0v) is 15.8. The molecule has 0 spiro atoms. The molecule has 0 aliphatic rings. The molecule has 31 heavy (non-hydrogen) atoms. The fourth-order valence-corrected chi connectivity index (χ4v) is 3.20. The number of hydrogen-bond acceptors (Lipinski definition) is 8. The summed E-state index contributed by atoms with van der Waals surface area (Å²) in [5.41, 5.74) is 0.693. The third-order valence-corrected chi connectivity index (χ3v) is 4.66. The van der Waals surface area contributed by atoms with E-state index in [1.165, 1.54) is 27.8 Å². The summed E-state index contributed by atoms with van der Waals surface area (Å²) in [6.45, 7) is 0.0504. The maximum atomic E-state index is 12.9. The number of rotatable bonds is 5. The highest BCUT2D eigenvalue weighted by Crippen LogP contribution is 2.24. The first kappa shape index (κ1) is 18.4. The molecule has 0 aliphatic carbocycles. The SMILES string of the molecule is O=c1c2cnn(-c3ccccc3[N+](=O)[O-])c2ncn1Cc1noc(-c2ccccc2)n1. The Balaban J connectivity index is 1.51. The largest absolute Gasteiger partial charge is 0.334 e. The van der Waals surface area contributed by atoms with E-state index in [0.717, 1.165) is 5.56 Å². The van der Waals surface area contributed by atoms with Crippen LogP contribution in [0.5, 0.6) is 0 Å². The molecule has 0 fully saturated rings. The summed E-state index contributed by atoms with van der Waals surface area (Å²) in [6, 6.07) is 15.4. The molecule has 0 unspecified atom stereocenters. The molecule has 0 saturated heterocycles. The van der Waals surface area contributed by atoms with Crippen LogP contribution < -0.4 is 5.56 Å². The van der Waals surface area contributed by atoms with E-state index in [9.17, 15) is 14.9 Å². The van der Waals surface area contributed by atoms with Crippen molar-refractivity contribution in [3.63, 3.8) is 0 Å². The average molecular weight is 415 g/mol. The Bertz CT molecular complexity index is 1470. The molecule has 0 aliphatic heterocycles. The van der Waals surface area contributed by atoms with E-state index in [1.54, 1.807) is 18.2 Å². The molecule has 11 heteroatoms. The number of nitrogens with zero attached hydrogens (tertiary/aromatic N) is 7. The van der Waals surface area contributed by atoms with E-state index in [4.69, 9.17) is 4.52 Å². The van der Waals surface area contributed by atoms with Crippen LogP contribution in [0.2, 0.25) is 0 Å². The van der Waals surface area contributed by atoms with Gasteiger partial charge in [-0.25, -0.2) is 9.67 Å². The Labute approximate surface area is 173 Å². The van der Waals surface area contributed by atoms with Gasteiger partial charge >= 0.3 is 0 Å². The van der Waals surface area contributed by atoms with Crippen LogP contribution in [0, 0.1) is 10.1 Å². The summed E-state index contributed by atoms with van der Waals surface area (Å²) < 4.78 is 7.88. The van der Waals surface area contributed by atoms with Crippen LogP contribution in [0.1, 0.15) is 5.82 Å². The molecular formula is C20H13N7O4. The van der Waals surface area contributed by atoms with Gasteiger partial charge in [-0.05, 0) is 18.2 Å². The van der Waals surface area contributed by atoms with Crippen LogP contribution in [-0.2, 0) is 6.54 Å². The summed E-state index contributed by atoms with van der Waals surface area (Å²) >= 11 is 0. The van der Waals surface area contributed by atoms with E-state index < -0.39 is 4.92 Å². The molecule has 0 bridgehead atoms. The molecule has 0 saturated carbocycles. The van der Waals surface area contributed by atoms with Crippen molar-refractivity contribution in [3.8, 4) is 17.1 Å². The van der Waals surface area contributed by atoms with Crippen molar-refractivity contribution < 1.29 is 9.45 Å². The van der Waals surface area contributed by atoms with Crippen molar-refractivity contribution in [2.24, 2.45) is 0 Å². The molecule has 11 nitrogen and oxygen atoms in total. The summed E-state index contributed by atoms with van der Waals surface area (Å²) in [7, 11) is 0. The second-order valence-electron chi connectivity index (χ2n) is 6.60. The Hall–Kier alpha value is -4.67. The number of hydrogen-bond donors (Lipinski definition) is 0. The fraction of sp³-hybridized carbons (Fsp3) is 0.0500. The van der Waals surface area contributed by atoms with Crippen LogP contribution in [0.3, 0.4) is 0 Å². The van der Waals surface area contributed by atoms with Crippen LogP contribution in [0.15, 0.2) is 76.4 Å². The molecule has 2 aromatic carbocycles. The molecule has 3 aromatic heterocycles. The predicted molar refractivity (Wildman–Crippen MR) is 109 cm³/mol. The molecule has 5 rings (SSSR count). The molecule has 5 aromatic rings. The minimum absolute atomic E-state index is 0.0504. The minimum Gasteiger partial charge on any atom is -0.334 e. The molecular weight excluding hydrogens is 402 g/mol. The van der Waals surface area contributed by atoms with Crippen molar-refractivity contribution >= 4 is 16.7 Å². The van der Waals surface area contributed by atoms with Crippen LogP contribution in [-0.4, -0.2) is 34.4 Å². The van der Waals surface area contributed by atoms with Gasteiger partial charge in [0.15, 0.2) is 11.5 Å². The lowest BCUT2D eigenvalue weighted by atomic mass is 10.2. The summed E-state index contributed by atoms with van der Waals surface area (Å²) in [5, 5.41) is 19.6. The van der Waals surface area contributed by atoms with Gasteiger partial charge in [0.2, 0.25) is 0 Å². The second-order valence-corrected chi connectivity index (χ2v) is 6.60. The Morgan fingerprint density at radius 1 is 1.06 bits per heavy atom. The highest BCUT2D eigenvalue weighted by molar-refractivity contribution is 5.76. The zero-order chi connectivity index (χ0) is 21.4. The molecule has 0 amide bonds. The van der Waals surface area contributed by atoms with Crippen LogP contribution in [0.25, 0.3) is 28.2 Å². The van der Waals surface area contributed by atoms with Gasteiger partial charge in [0.05, 0.1) is 17.7 Å². The average Bonchev–Trinajstić information content (AvgIpc) is 3.44. The van der Waals surface area contributed by atoms with Gasteiger partial charge in [0.25, 0.3) is 17.1 Å². The van der Waals surface area contributed by atoms with Gasteiger partial charge in [0, 0.05) is 11.6 Å². The summed E-state index contributed by atoms with van der Waals surface area (Å²) in [5.74, 6) is 0.662. The first-order valence-corrected chi connectivity index (χ1v) is 9.17. The fourth-order valence-electron chi connectivity index (χ4n) is 3.20. The normalized spacial score (nSPS) is 11.1. The number of nitro benzene ring substituents is 1. The molecule has 0 atom stereocenters. The number of para-hydroxylation sites is 2. The Morgan fingerprint density at radius 2 is 1.84 bits per heavy atom. The number of nitro groups is 1. The third-order valence-electron chi connectivity index (χ3n) is 4.66. The van der Waals surface area contributed by atoms with Crippen molar-refractivity contribution in [1.82, 2.24) is 29.5 Å². The van der Waals surface area contributed by atoms with E-state index in [-0.39, 0.29) is 34.5 Å². The monoisotopic (exact) mass is 415 g/mol. The Kier molecular flexibility index (Phi) is 4.32.